The van der Waals surface area contributed by atoms with E-state index in [4.69, 9.17) is 27.4 Å². The minimum Gasteiger partial charge on any atom is -0.490 e. The molecule has 0 spiro atoms. The summed E-state index contributed by atoms with van der Waals surface area (Å²) in [6, 6.07) is 11.6. The summed E-state index contributed by atoms with van der Waals surface area (Å²) in [6.07, 6.45) is 0. The van der Waals surface area contributed by atoms with E-state index >= 15 is 0 Å². The van der Waals surface area contributed by atoms with Gasteiger partial charge in [0.05, 0.1) is 0 Å². The third-order valence-corrected chi connectivity index (χ3v) is 3.13. The number of nitrogens with two attached hydrogens (primary N) is 1. The standard InChI is InChI=1S/C16H16FNO2S/c1-11-2-5-13(17)10-15(11)20-9-8-19-14-6-3-12(4-7-14)16(18)21/h2-7,10H,8-9H2,1H3,(H2,18,21). The van der Waals surface area contributed by atoms with Crippen molar-refractivity contribution in [2.75, 3.05) is 13.2 Å². The largest absolute Gasteiger partial charge is 0.490 e. The Hall–Kier alpha value is -2.14. The molecule has 5 heteroatoms. The second-order valence-corrected chi connectivity index (χ2v) is 4.94. The van der Waals surface area contributed by atoms with Crippen molar-refractivity contribution in [3.05, 3.63) is 59.4 Å². The molecule has 0 aliphatic rings. The minimum atomic E-state index is -0.315. The fourth-order valence-electron chi connectivity index (χ4n) is 1.76. The zero-order chi connectivity index (χ0) is 15.2. The molecule has 0 saturated carbocycles. The van der Waals surface area contributed by atoms with Crippen LogP contribution in [0.4, 0.5) is 4.39 Å². The highest BCUT2D eigenvalue weighted by molar-refractivity contribution is 7.80. The summed E-state index contributed by atoms with van der Waals surface area (Å²) < 4.78 is 24.1. The van der Waals surface area contributed by atoms with Crippen molar-refractivity contribution in [1.82, 2.24) is 0 Å². The van der Waals surface area contributed by atoms with Crippen LogP contribution in [0.15, 0.2) is 42.5 Å². The van der Waals surface area contributed by atoms with Gasteiger partial charge < -0.3 is 15.2 Å². The highest BCUT2D eigenvalue weighted by atomic mass is 32.1. The second-order valence-electron chi connectivity index (χ2n) is 4.50. The fraction of sp³-hybridized carbons (Fsp3) is 0.188. The van der Waals surface area contributed by atoms with Gasteiger partial charge in [0.2, 0.25) is 0 Å². The maximum Gasteiger partial charge on any atom is 0.126 e. The maximum atomic E-state index is 13.1. The van der Waals surface area contributed by atoms with Crippen molar-refractivity contribution in [1.29, 1.82) is 0 Å². The monoisotopic (exact) mass is 305 g/mol. The van der Waals surface area contributed by atoms with Crippen molar-refractivity contribution >= 4 is 17.2 Å². The Morgan fingerprint density at radius 2 is 1.76 bits per heavy atom. The third-order valence-electron chi connectivity index (χ3n) is 2.90. The fourth-order valence-corrected chi connectivity index (χ4v) is 1.89. The Morgan fingerprint density at radius 1 is 1.10 bits per heavy atom. The molecule has 0 amide bonds. The van der Waals surface area contributed by atoms with Crippen molar-refractivity contribution in [2.45, 2.75) is 6.92 Å². The van der Waals surface area contributed by atoms with Crippen LogP contribution in [0.5, 0.6) is 11.5 Å². The molecule has 2 aromatic rings. The number of aryl methyl sites for hydroxylation is 1. The summed E-state index contributed by atoms with van der Waals surface area (Å²) >= 11 is 4.87. The van der Waals surface area contributed by atoms with Crippen LogP contribution in [-0.2, 0) is 0 Å². The molecule has 0 fully saturated rings. The third kappa shape index (κ3) is 4.43. The first-order valence-corrected chi connectivity index (χ1v) is 6.89. The molecule has 2 N–H and O–H groups in total. The quantitative estimate of drug-likeness (QED) is 0.657. The van der Waals surface area contributed by atoms with Crippen LogP contribution in [0.2, 0.25) is 0 Å². The average Bonchev–Trinajstić information content (AvgIpc) is 2.47. The van der Waals surface area contributed by atoms with E-state index in [2.05, 4.69) is 0 Å². The van der Waals surface area contributed by atoms with Gasteiger partial charge in [0.15, 0.2) is 0 Å². The first-order chi connectivity index (χ1) is 10.1. The minimum absolute atomic E-state index is 0.315. The molecule has 3 nitrogen and oxygen atoms in total. The van der Waals surface area contributed by atoms with E-state index in [-0.39, 0.29) is 5.82 Å². The van der Waals surface area contributed by atoms with E-state index in [9.17, 15) is 4.39 Å². The molecule has 0 aliphatic carbocycles. The van der Waals surface area contributed by atoms with Gasteiger partial charge in [0, 0.05) is 11.6 Å². The molecule has 0 saturated heterocycles. The zero-order valence-electron chi connectivity index (χ0n) is 11.6. The Kier molecular flexibility index (Phi) is 5.11. The lowest BCUT2D eigenvalue weighted by atomic mass is 10.2. The summed E-state index contributed by atoms with van der Waals surface area (Å²) in [5, 5.41) is 0. The SMILES string of the molecule is Cc1ccc(F)cc1OCCOc1ccc(C(N)=S)cc1. The summed E-state index contributed by atoms with van der Waals surface area (Å²) in [7, 11) is 0. The van der Waals surface area contributed by atoms with Crippen molar-refractivity contribution in [2.24, 2.45) is 5.73 Å². The van der Waals surface area contributed by atoms with Crippen LogP contribution in [0, 0.1) is 12.7 Å². The van der Waals surface area contributed by atoms with Crippen molar-refractivity contribution in [3.63, 3.8) is 0 Å². The van der Waals surface area contributed by atoms with Gasteiger partial charge in [-0.05, 0) is 42.8 Å². The van der Waals surface area contributed by atoms with Gasteiger partial charge >= 0.3 is 0 Å². The van der Waals surface area contributed by atoms with E-state index < -0.39 is 0 Å². The molecule has 0 heterocycles. The van der Waals surface area contributed by atoms with E-state index in [0.29, 0.717) is 29.7 Å². The summed E-state index contributed by atoms with van der Waals surface area (Å²) in [5.41, 5.74) is 7.20. The summed E-state index contributed by atoms with van der Waals surface area (Å²) in [6.45, 7) is 2.56. The topological polar surface area (TPSA) is 44.5 Å². The molecular formula is C16H16FNO2S. The van der Waals surface area contributed by atoms with E-state index in [1.54, 1.807) is 30.3 Å². The van der Waals surface area contributed by atoms with Crippen LogP contribution in [0.3, 0.4) is 0 Å². The number of benzene rings is 2. The predicted molar refractivity (Wildman–Crippen MR) is 84.5 cm³/mol. The Bertz CT molecular complexity index is 629. The summed E-state index contributed by atoms with van der Waals surface area (Å²) in [5.74, 6) is 0.918. The predicted octanol–water partition coefficient (Wildman–Crippen LogP) is 3.23. The van der Waals surface area contributed by atoms with Gasteiger partial charge in [-0.2, -0.15) is 0 Å². The molecule has 0 unspecified atom stereocenters. The van der Waals surface area contributed by atoms with Gasteiger partial charge in [0.25, 0.3) is 0 Å². The number of thiocarbonyl (C=S) groups is 1. The highest BCUT2D eigenvalue weighted by Crippen LogP contribution is 2.18. The zero-order valence-corrected chi connectivity index (χ0v) is 12.5. The second kappa shape index (κ2) is 7.04. The van der Waals surface area contributed by atoms with Crippen LogP contribution in [0.1, 0.15) is 11.1 Å². The van der Waals surface area contributed by atoms with Gasteiger partial charge in [-0.25, -0.2) is 4.39 Å². The lowest BCUT2D eigenvalue weighted by Gasteiger charge is -2.10. The normalized spacial score (nSPS) is 10.2. The molecule has 2 rings (SSSR count). The number of hydrogen-bond acceptors (Lipinski definition) is 3. The average molecular weight is 305 g/mol. The number of halogens is 1. The van der Waals surface area contributed by atoms with Crippen LogP contribution in [-0.4, -0.2) is 18.2 Å². The summed E-state index contributed by atoms with van der Waals surface area (Å²) in [4.78, 5) is 0.353. The van der Waals surface area contributed by atoms with Gasteiger partial charge in [-0.15, -0.1) is 0 Å². The Morgan fingerprint density at radius 3 is 2.43 bits per heavy atom. The van der Waals surface area contributed by atoms with Crippen LogP contribution >= 0.6 is 12.2 Å². The molecule has 2 aromatic carbocycles. The van der Waals surface area contributed by atoms with E-state index in [0.717, 1.165) is 11.1 Å². The van der Waals surface area contributed by atoms with Crippen LogP contribution < -0.4 is 15.2 Å². The molecule has 21 heavy (non-hydrogen) atoms. The molecule has 0 radical (unpaired) electrons. The van der Waals surface area contributed by atoms with Gasteiger partial charge in [-0.1, -0.05) is 18.3 Å². The molecule has 0 aromatic heterocycles. The van der Waals surface area contributed by atoms with Gasteiger partial charge in [0.1, 0.15) is 35.5 Å². The molecule has 110 valence electrons. The number of hydrogen-bond donors (Lipinski definition) is 1. The first-order valence-electron chi connectivity index (χ1n) is 6.48. The van der Waals surface area contributed by atoms with Crippen molar-refractivity contribution < 1.29 is 13.9 Å². The highest BCUT2D eigenvalue weighted by Gasteiger charge is 2.02. The maximum absolute atomic E-state index is 13.1. The van der Waals surface area contributed by atoms with Gasteiger partial charge in [-0.3, -0.25) is 0 Å². The Balaban J connectivity index is 1.81. The van der Waals surface area contributed by atoms with E-state index in [1.165, 1.54) is 12.1 Å². The number of ether oxygens (including phenoxy) is 2. The van der Waals surface area contributed by atoms with E-state index in [1.807, 2.05) is 6.92 Å². The Labute approximate surface area is 128 Å². The molecule has 0 aliphatic heterocycles. The lowest BCUT2D eigenvalue weighted by Crippen LogP contribution is -2.11. The molecular weight excluding hydrogens is 289 g/mol. The van der Waals surface area contributed by atoms with Crippen molar-refractivity contribution in [3.8, 4) is 11.5 Å². The first kappa shape index (κ1) is 15.3. The smallest absolute Gasteiger partial charge is 0.126 e. The molecule has 0 bridgehead atoms. The number of rotatable bonds is 6. The molecule has 0 atom stereocenters. The van der Waals surface area contributed by atoms with Crippen LogP contribution in [0.25, 0.3) is 0 Å². The lowest BCUT2D eigenvalue weighted by molar-refractivity contribution is 0.216.